The van der Waals surface area contributed by atoms with Crippen LogP contribution in [0, 0.1) is 29.6 Å². The second-order valence-corrected chi connectivity index (χ2v) is 21.1. The van der Waals surface area contributed by atoms with E-state index in [0.717, 1.165) is 37.0 Å². The third-order valence-electron chi connectivity index (χ3n) is 14.7. The van der Waals surface area contributed by atoms with Crippen molar-refractivity contribution in [3.63, 3.8) is 0 Å². The minimum absolute atomic E-state index is 0.00117. The third kappa shape index (κ3) is 14.1. The van der Waals surface area contributed by atoms with Gasteiger partial charge in [-0.05, 0) is 108 Å². The SMILES string of the molecule is C=CC[C@@H]1/C=C(\C)C[C@H](C)C[C@H](OC)[C@H]2O[C@@](O)(C(=O)C(=O)N3CCCC[C@H]3C(=O)OC(/C(C)=C/[C@@H]3CC[C@@H](OCCCSC4CCOC4=O)[C@H](OC)C3)[C@H](C)[C@@H](O)CC1=O)[C@H](C)C[C@@H]2OC. The number of methoxy groups -OCH3 is 3. The van der Waals surface area contributed by atoms with E-state index < -0.39 is 77.8 Å². The van der Waals surface area contributed by atoms with Gasteiger partial charge in [-0.25, -0.2) is 4.79 Å². The molecule has 1 amide bonds. The maximum Gasteiger partial charge on any atom is 0.329 e. The normalized spacial score (nSPS) is 38.8. The van der Waals surface area contributed by atoms with E-state index in [4.69, 9.17) is 33.2 Å². The molecule has 15 nitrogen and oxygen atoms in total. The van der Waals surface area contributed by atoms with Gasteiger partial charge in [0.2, 0.25) is 5.79 Å². The van der Waals surface area contributed by atoms with Crippen molar-refractivity contribution in [2.75, 3.05) is 46.8 Å². The number of carbonyl (C=O) groups excluding carboxylic acids is 5. The largest absolute Gasteiger partial charge is 0.465 e. The van der Waals surface area contributed by atoms with Gasteiger partial charge in [-0.1, -0.05) is 44.6 Å². The number of amides is 1. The maximum atomic E-state index is 14.5. The fourth-order valence-electron chi connectivity index (χ4n) is 10.7. The van der Waals surface area contributed by atoms with Crippen molar-refractivity contribution in [3.8, 4) is 0 Å². The molecule has 0 aromatic heterocycles. The summed E-state index contributed by atoms with van der Waals surface area (Å²) < 4.78 is 41.7. The van der Waals surface area contributed by atoms with Crippen LogP contribution in [0.25, 0.3) is 0 Å². The van der Waals surface area contributed by atoms with Gasteiger partial charge < -0.3 is 48.3 Å². The lowest BCUT2D eigenvalue weighted by atomic mass is 9.81. The predicted octanol–water partition coefficient (Wildman–Crippen LogP) is 6.10. The van der Waals surface area contributed by atoms with Crippen molar-refractivity contribution in [2.45, 2.75) is 178 Å². The Morgan fingerprint density at radius 1 is 0.925 bits per heavy atom. The first kappa shape index (κ1) is 55.0. The summed E-state index contributed by atoms with van der Waals surface area (Å²) in [6.07, 6.45) is 7.47. The van der Waals surface area contributed by atoms with Crippen LogP contribution in [0.3, 0.4) is 0 Å². The van der Waals surface area contributed by atoms with Gasteiger partial charge in [-0.2, -0.15) is 0 Å². The highest BCUT2D eigenvalue weighted by Crippen LogP contribution is 2.39. The maximum absolute atomic E-state index is 14.5. The molecule has 5 aliphatic rings. The van der Waals surface area contributed by atoms with E-state index in [2.05, 4.69) is 12.7 Å². The molecule has 1 aliphatic carbocycles. The minimum atomic E-state index is -2.52. The molecule has 2 N–H and O–H groups in total. The standard InChI is InChI=1S/C51H79NO14S/c1-10-14-36-24-30(2)23-31(3)25-42(61-8)46-43(62-9)27-33(5)51(59,66-46)47(55)48(56)52-19-12-11-15-37(52)49(57)65-45(34(6)38(53)29-39(36)54)32(4)26-35-16-17-40(41(28-35)60-7)63-20-13-22-67-44-18-21-64-50(44)58/h10,24,26,31,33-38,40-46,53,59H,1,11-23,25,27-29H2,2-9H3/b30-24+,32-26+/t31-,33+,34+,35-,36+,37-,38-,40+,41+,42-,43-,44?,45?,46+,51+/m0/s1. The highest BCUT2D eigenvalue weighted by molar-refractivity contribution is 8.00. The lowest BCUT2D eigenvalue weighted by molar-refractivity contribution is -0.302. The van der Waals surface area contributed by atoms with E-state index in [0.29, 0.717) is 57.3 Å². The van der Waals surface area contributed by atoms with Gasteiger partial charge in [-0.15, -0.1) is 18.3 Å². The number of ketones is 2. The van der Waals surface area contributed by atoms with E-state index in [1.54, 1.807) is 38.8 Å². The van der Waals surface area contributed by atoms with Crippen LogP contribution in [-0.2, 0) is 57.1 Å². The summed E-state index contributed by atoms with van der Waals surface area (Å²) in [7, 11) is 4.72. The number of hydrogen-bond acceptors (Lipinski definition) is 15. The van der Waals surface area contributed by atoms with Crippen LogP contribution in [0.2, 0.25) is 0 Å². The first-order valence-corrected chi connectivity index (χ1v) is 25.6. The number of piperidine rings is 1. The lowest BCUT2D eigenvalue weighted by Crippen LogP contribution is -2.64. The molecule has 2 bridgehead atoms. The number of aliphatic hydroxyl groups excluding tert-OH is 1. The van der Waals surface area contributed by atoms with Crippen LogP contribution >= 0.6 is 11.8 Å². The molecular weight excluding hydrogens is 883 g/mol. The summed E-state index contributed by atoms with van der Waals surface area (Å²) in [6.45, 7) is 14.2. The molecule has 3 saturated heterocycles. The summed E-state index contributed by atoms with van der Waals surface area (Å²) in [4.78, 5) is 70.4. The van der Waals surface area contributed by atoms with Crippen molar-refractivity contribution in [3.05, 3.63) is 36.0 Å². The number of hydrogen-bond donors (Lipinski definition) is 2. The smallest absolute Gasteiger partial charge is 0.329 e. The minimum Gasteiger partial charge on any atom is -0.465 e. The Balaban J connectivity index is 1.42. The molecule has 2 unspecified atom stereocenters. The first-order valence-electron chi connectivity index (χ1n) is 24.6. The molecule has 0 spiro atoms. The molecule has 5 rings (SSSR count). The second-order valence-electron chi connectivity index (χ2n) is 19.8. The molecule has 16 heteroatoms. The molecular formula is C51H79NO14S. The van der Waals surface area contributed by atoms with Gasteiger partial charge >= 0.3 is 11.9 Å². The number of ether oxygens (including phenoxy) is 7. The molecule has 0 radical (unpaired) electrons. The number of allylic oxidation sites excluding steroid dienone is 4. The molecule has 378 valence electrons. The zero-order valence-electron chi connectivity index (χ0n) is 41.2. The Hall–Kier alpha value is -2.96. The Labute approximate surface area is 402 Å². The number of thioether (sulfide) groups is 1. The van der Waals surface area contributed by atoms with Crippen LogP contribution in [0.5, 0.6) is 0 Å². The number of cyclic esters (lactones) is 2. The quantitative estimate of drug-likeness (QED) is 0.0930. The first-order chi connectivity index (χ1) is 31.9. The van der Waals surface area contributed by atoms with Crippen LogP contribution in [-0.4, -0.2) is 151 Å². The van der Waals surface area contributed by atoms with Gasteiger partial charge in [0, 0.05) is 65.1 Å². The highest BCUT2D eigenvalue weighted by Gasteiger charge is 2.56. The summed E-state index contributed by atoms with van der Waals surface area (Å²) >= 11 is 1.61. The van der Waals surface area contributed by atoms with Crippen LogP contribution in [0.15, 0.2) is 36.0 Å². The molecule has 4 fully saturated rings. The fourth-order valence-corrected chi connectivity index (χ4v) is 11.8. The second kappa shape index (κ2) is 25.8. The molecule has 4 heterocycles. The van der Waals surface area contributed by atoms with Crippen molar-refractivity contribution >= 4 is 41.2 Å². The lowest BCUT2D eigenvalue weighted by Gasteiger charge is -2.47. The molecule has 4 aliphatic heterocycles. The highest BCUT2D eigenvalue weighted by atomic mass is 32.2. The van der Waals surface area contributed by atoms with E-state index in [-0.39, 0.29) is 66.9 Å². The number of fused-ring (bicyclic) bond motifs is 3. The van der Waals surface area contributed by atoms with Gasteiger partial charge in [0.25, 0.3) is 11.7 Å². The number of rotatable bonds is 13. The van der Waals surface area contributed by atoms with Gasteiger partial charge in [0.05, 0.1) is 37.1 Å². The van der Waals surface area contributed by atoms with E-state index >= 15 is 0 Å². The fraction of sp³-hybridized carbons (Fsp3) is 0.784. The van der Waals surface area contributed by atoms with Crippen molar-refractivity contribution in [1.29, 1.82) is 0 Å². The monoisotopic (exact) mass is 962 g/mol. The van der Waals surface area contributed by atoms with Gasteiger partial charge in [0.15, 0.2) is 0 Å². The zero-order chi connectivity index (χ0) is 49.0. The van der Waals surface area contributed by atoms with E-state index in [9.17, 15) is 34.2 Å². The van der Waals surface area contributed by atoms with Crippen LogP contribution in [0.4, 0.5) is 0 Å². The topological polar surface area (TPSA) is 194 Å². The number of nitrogens with zero attached hydrogens (tertiary/aromatic N) is 1. The summed E-state index contributed by atoms with van der Waals surface area (Å²) in [6, 6.07) is -1.15. The molecule has 15 atom stereocenters. The van der Waals surface area contributed by atoms with Crippen molar-refractivity contribution in [1.82, 2.24) is 4.90 Å². The number of esters is 2. The average molecular weight is 962 g/mol. The third-order valence-corrected chi connectivity index (χ3v) is 16.0. The zero-order valence-corrected chi connectivity index (χ0v) is 42.0. The van der Waals surface area contributed by atoms with E-state index in [1.165, 1.54) is 19.1 Å². The summed E-state index contributed by atoms with van der Waals surface area (Å²) in [5, 5.41) is 23.9. The predicted molar refractivity (Wildman–Crippen MR) is 253 cm³/mol. The molecule has 0 aromatic carbocycles. The Bertz CT molecular complexity index is 1770. The average Bonchev–Trinajstić information content (AvgIpc) is 3.73. The van der Waals surface area contributed by atoms with Gasteiger partial charge in [-0.3, -0.25) is 19.2 Å². The summed E-state index contributed by atoms with van der Waals surface area (Å²) in [5.74, 6) is -7.13. The Morgan fingerprint density at radius 2 is 1.64 bits per heavy atom. The van der Waals surface area contributed by atoms with E-state index in [1.807, 2.05) is 26.8 Å². The molecule has 1 saturated carbocycles. The van der Waals surface area contributed by atoms with Crippen LogP contribution < -0.4 is 0 Å². The number of aliphatic hydroxyl groups is 2. The van der Waals surface area contributed by atoms with Crippen molar-refractivity contribution < 1.29 is 67.3 Å². The molecule has 0 aromatic rings. The Kier molecular flexibility index (Phi) is 21.1. The van der Waals surface area contributed by atoms with Crippen LogP contribution in [0.1, 0.15) is 118 Å². The Morgan fingerprint density at radius 3 is 2.31 bits per heavy atom. The van der Waals surface area contributed by atoms with Crippen molar-refractivity contribution in [2.24, 2.45) is 29.6 Å². The summed E-state index contributed by atoms with van der Waals surface area (Å²) in [5.41, 5.74) is 1.63. The number of carbonyl (C=O) groups is 5. The number of Topliss-reactive ketones (excluding diaryl/α,β-unsaturated/α-hetero) is 2. The molecule has 67 heavy (non-hydrogen) atoms. The van der Waals surface area contributed by atoms with Gasteiger partial charge in [0.1, 0.15) is 29.3 Å².